The summed E-state index contributed by atoms with van der Waals surface area (Å²) in [6.07, 6.45) is 0. The van der Waals surface area contributed by atoms with Gasteiger partial charge in [0.2, 0.25) is 0 Å². The highest BCUT2D eigenvalue weighted by molar-refractivity contribution is 9.10. The van der Waals surface area contributed by atoms with Crippen molar-refractivity contribution in [2.24, 2.45) is 0 Å². The molecule has 5 nitrogen and oxygen atoms in total. The van der Waals surface area contributed by atoms with Crippen LogP contribution < -0.4 is 4.72 Å². The van der Waals surface area contributed by atoms with Gasteiger partial charge in [0.05, 0.1) is 10.5 Å². The zero-order valence-corrected chi connectivity index (χ0v) is 13.4. The van der Waals surface area contributed by atoms with Crippen molar-refractivity contribution in [3.8, 4) is 0 Å². The van der Waals surface area contributed by atoms with Gasteiger partial charge in [0.1, 0.15) is 0 Å². The van der Waals surface area contributed by atoms with Crippen molar-refractivity contribution in [3.05, 3.63) is 58.1 Å². The van der Waals surface area contributed by atoms with Gasteiger partial charge in [-0.15, -0.1) is 0 Å². The lowest BCUT2D eigenvalue weighted by atomic mass is 10.1. The number of carboxylic acid groups (broad SMARTS) is 1. The number of anilines is 1. The zero-order chi connectivity index (χ0) is 15.6. The van der Waals surface area contributed by atoms with Gasteiger partial charge in [0.15, 0.2) is 0 Å². The lowest BCUT2D eigenvalue weighted by Crippen LogP contribution is -2.15. The fourth-order valence-corrected chi connectivity index (χ4v) is 3.46. The summed E-state index contributed by atoms with van der Waals surface area (Å²) < 4.78 is 28.0. The van der Waals surface area contributed by atoms with Crippen molar-refractivity contribution in [1.82, 2.24) is 0 Å². The summed E-state index contributed by atoms with van der Waals surface area (Å²) in [5.41, 5.74) is 0.571. The summed E-state index contributed by atoms with van der Waals surface area (Å²) in [7, 11) is -3.84. The molecule has 0 aromatic heterocycles. The maximum Gasteiger partial charge on any atom is 0.335 e. The molecule has 0 spiro atoms. The van der Waals surface area contributed by atoms with Gasteiger partial charge in [-0.1, -0.05) is 22.0 Å². The van der Waals surface area contributed by atoms with Crippen LogP contribution in [0.1, 0.15) is 15.9 Å². The number of sulfonamides is 1. The fourth-order valence-electron chi connectivity index (χ4n) is 1.87. The molecule has 0 aliphatic carbocycles. The second-order valence-electron chi connectivity index (χ2n) is 4.35. The van der Waals surface area contributed by atoms with E-state index in [1.807, 2.05) is 0 Å². The van der Waals surface area contributed by atoms with Crippen LogP contribution in [0.3, 0.4) is 0 Å². The number of carbonyl (C=O) groups is 1. The fraction of sp³-hybridized carbons (Fsp3) is 0.0714. The van der Waals surface area contributed by atoms with Gasteiger partial charge in [0, 0.05) is 10.2 Å². The SMILES string of the molecule is Cc1c(C(=O)O)cccc1S(=O)(=O)Nc1ccc(Br)cc1. The Morgan fingerprint density at radius 3 is 2.33 bits per heavy atom. The highest BCUT2D eigenvalue weighted by atomic mass is 79.9. The average Bonchev–Trinajstić information content (AvgIpc) is 2.41. The monoisotopic (exact) mass is 369 g/mol. The molecule has 2 N–H and O–H groups in total. The van der Waals surface area contributed by atoms with Crippen molar-refractivity contribution < 1.29 is 18.3 Å². The Hall–Kier alpha value is -1.86. The van der Waals surface area contributed by atoms with Gasteiger partial charge in [0.25, 0.3) is 10.0 Å². The molecule has 0 saturated heterocycles. The van der Waals surface area contributed by atoms with E-state index in [0.717, 1.165) is 4.47 Å². The van der Waals surface area contributed by atoms with Crippen molar-refractivity contribution in [2.45, 2.75) is 11.8 Å². The van der Waals surface area contributed by atoms with Crippen LogP contribution in [-0.4, -0.2) is 19.5 Å². The van der Waals surface area contributed by atoms with E-state index in [-0.39, 0.29) is 16.0 Å². The van der Waals surface area contributed by atoms with E-state index in [1.165, 1.54) is 25.1 Å². The summed E-state index contributed by atoms with van der Waals surface area (Å²) in [5, 5.41) is 9.06. The molecule has 0 unspecified atom stereocenters. The molecule has 0 aliphatic rings. The van der Waals surface area contributed by atoms with Crippen LogP contribution in [0, 0.1) is 6.92 Å². The van der Waals surface area contributed by atoms with E-state index in [2.05, 4.69) is 20.7 Å². The Labute approximate surface area is 130 Å². The second-order valence-corrected chi connectivity index (χ2v) is 6.91. The van der Waals surface area contributed by atoms with E-state index in [9.17, 15) is 13.2 Å². The van der Waals surface area contributed by atoms with Crippen molar-refractivity contribution in [1.29, 1.82) is 0 Å². The van der Waals surface area contributed by atoms with Crippen LogP contribution in [0.2, 0.25) is 0 Å². The Bertz CT molecular complexity index is 785. The molecule has 2 aromatic rings. The van der Waals surface area contributed by atoms with Crippen molar-refractivity contribution in [3.63, 3.8) is 0 Å². The first-order chi connectivity index (χ1) is 9.81. The molecule has 0 aliphatic heterocycles. The van der Waals surface area contributed by atoms with Crippen molar-refractivity contribution in [2.75, 3.05) is 4.72 Å². The molecule has 0 radical (unpaired) electrons. The quantitative estimate of drug-likeness (QED) is 0.866. The third kappa shape index (κ3) is 3.43. The number of hydrogen-bond donors (Lipinski definition) is 2. The first kappa shape index (κ1) is 15.5. The van der Waals surface area contributed by atoms with Crippen LogP contribution in [-0.2, 0) is 10.0 Å². The third-order valence-corrected chi connectivity index (χ3v) is 4.95. The summed E-state index contributed by atoms with van der Waals surface area (Å²) in [4.78, 5) is 11.0. The molecule has 7 heteroatoms. The molecular formula is C14H12BrNO4S. The molecule has 21 heavy (non-hydrogen) atoms. The molecule has 0 saturated carbocycles. The van der Waals surface area contributed by atoms with Crippen LogP contribution in [0.5, 0.6) is 0 Å². The molecule has 0 bridgehead atoms. The predicted molar refractivity (Wildman–Crippen MR) is 83.1 cm³/mol. The zero-order valence-electron chi connectivity index (χ0n) is 11.0. The van der Waals surface area contributed by atoms with Gasteiger partial charge in [-0.3, -0.25) is 4.72 Å². The Morgan fingerprint density at radius 2 is 1.76 bits per heavy atom. The first-order valence-electron chi connectivity index (χ1n) is 5.92. The average molecular weight is 370 g/mol. The topological polar surface area (TPSA) is 83.5 Å². The maximum atomic E-state index is 12.4. The number of halogens is 1. The molecule has 0 atom stereocenters. The summed E-state index contributed by atoms with van der Waals surface area (Å²) >= 11 is 3.26. The normalized spacial score (nSPS) is 11.1. The smallest absolute Gasteiger partial charge is 0.335 e. The molecule has 2 rings (SSSR count). The van der Waals surface area contributed by atoms with E-state index in [0.29, 0.717) is 5.69 Å². The molecule has 0 heterocycles. The van der Waals surface area contributed by atoms with E-state index >= 15 is 0 Å². The highest BCUT2D eigenvalue weighted by Gasteiger charge is 2.20. The lowest BCUT2D eigenvalue weighted by molar-refractivity contribution is 0.0696. The van der Waals surface area contributed by atoms with Gasteiger partial charge in [-0.25, -0.2) is 13.2 Å². The molecule has 2 aromatic carbocycles. The minimum absolute atomic E-state index is 0.0336. The number of benzene rings is 2. The number of rotatable bonds is 4. The molecule has 0 amide bonds. The first-order valence-corrected chi connectivity index (χ1v) is 8.20. The maximum absolute atomic E-state index is 12.4. The minimum Gasteiger partial charge on any atom is -0.478 e. The van der Waals surface area contributed by atoms with E-state index in [1.54, 1.807) is 24.3 Å². The minimum atomic E-state index is -3.84. The van der Waals surface area contributed by atoms with Crippen LogP contribution in [0.15, 0.2) is 51.8 Å². The molecular weight excluding hydrogens is 358 g/mol. The number of hydrogen-bond acceptors (Lipinski definition) is 3. The second kappa shape index (κ2) is 5.87. The van der Waals surface area contributed by atoms with Crippen LogP contribution >= 0.6 is 15.9 Å². The van der Waals surface area contributed by atoms with Crippen molar-refractivity contribution >= 4 is 37.6 Å². The number of carboxylic acids is 1. The van der Waals surface area contributed by atoms with E-state index in [4.69, 9.17) is 5.11 Å². The van der Waals surface area contributed by atoms with Gasteiger partial charge in [-0.05, 0) is 48.9 Å². The Morgan fingerprint density at radius 1 is 1.14 bits per heavy atom. The summed E-state index contributed by atoms with van der Waals surface area (Å²) in [5.74, 6) is -1.16. The summed E-state index contributed by atoms with van der Waals surface area (Å²) in [6.45, 7) is 1.47. The molecule has 110 valence electrons. The van der Waals surface area contributed by atoms with Crippen LogP contribution in [0.25, 0.3) is 0 Å². The largest absolute Gasteiger partial charge is 0.478 e. The molecule has 0 fully saturated rings. The Kier molecular flexibility index (Phi) is 4.34. The lowest BCUT2D eigenvalue weighted by Gasteiger charge is -2.12. The van der Waals surface area contributed by atoms with Gasteiger partial charge in [-0.2, -0.15) is 0 Å². The van der Waals surface area contributed by atoms with Gasteiger partial charge >= 0.3 is 5.97 Å². The summed E-state index contributed by atoms with van der Waals surface area (Å²) in [6, 6.07) is 10.8. The highest BCUT2D eigenvalue weighted by Crippen LogP contribution is 2.23. The Balaban J connectivity index is 2.42. The number of aromatic carboxylic acids is 1. The third-order valence-electron chi connectivity index (χ3n) is 2.90. The van der Waals surface area contributed by atoms with E-state index < -0.39 is 16.0 Å². The number of nitrogens with one attached hydrogen (secondary N) is 1. The van der Waals surface area contributed by atoms with Gasteiger partial charge < -0.3 is 5.11 Å². The van der Waals surface area contributed by atoms with Crippen LogP contribution in [0.4, 0.5) is 5.69 Å². The predicted octanol–water partition coefficient (Wildman–Crippen LogP) is 3.26. The standard InChI is InChI=1S/C14H12BrNO4S/c1-9-12(14(17)18)3-2-4-13(9)21(19,20)16-11-7-5-10(15)6-8-11/h2-8,16H,1H3,(H,17,18).